The van der Waals surface area contributed by atoms with Gasteiger partial charge in [-0.3, -0.25) is 9.89 Å². The van der Waals surface area contributed by atoms with E-state index < -0.39 is 0 Å². The fourth-order valence-corrected chi connectivity index (χ4v) is 3.43. The third kappa shape index (κ3) is 4.21. The van der Waals surface area contributed by atoms with Crippen molar-refractivity contribution in [3.05, 3.63) is 53.2 Å². The standard InChI is InChI=1S/C16H15FN4OS2/c1-21(9-11-4-6-12(17)7-5-11)14(22)10-24-16-18-15(19-20-16)13-3-2-8-23-13/h2-8H,9-10H2,1H3,(H,18,19,20). The maximum atomic E-state index is 12.9. The van der Waals surface area contributed by atoms with E-state index >= 15 is 0 Å². The summed E-state index contributed by atoms with van der Waals surface area (Å²) in [6, 6.07) is 10.0. The van der Waals surface area contributed by atoms with Crippen LogP contribution in [-0.4, -0.2) is 38.8 Å². The summed E-state index contributed by atoms with van der Waals surface area (Å²) in [5.74, 6) is 0.639. The van der Waals surface area contributed by atoms with Crippen molar-refractivity contribution >= 4 is 29.0 Å². The zero-order valence-corrected chi connectivity index (χ0v) is 14.5. The van der Waals surface area contributed by atoms with Crippen LogP contribution in [0.4, 0.5) is 4.39 Å². The third-order valence-electron chi connectivity index (χ3n) is 3.30. The number of H-pyrrole nitrogens is 1. The lowest BCUT2D eigenvalue weighted by Crippen LogP contribution is -2.27. The van der Waals surface area contributed by atoms with Crippen molar-refractivity contribution in [3.8, 4) is 10.7 Å². The molecule has 0 aliphatic rings. The SMILES string of the molecule is CN(Cc1ccc(F)cc1)C(=O)CSc1n[nH]c(-c2cccs2)n1. The number of aromatic amines is 1. The second-order valence-corrected chi connectivity index (χ2v) is 7.00. The summed E-state index contributed by atoms with van der Waals surface area (Å²) in [5.41, 5.74) is 0.884. The van der Waals surface area contributed by atoms with Crippen LogP contribution in [0.3, 0.4) is 0 Å². The number of carbonyl (C=O) groups is 1. The van der Waals surface area contributed by atoms with Crippen molar-refractivity contribution in [1.29, 1.82) is 0 Å². The molecule has 0 atom stereocenters. The van der Waals surface area contributed by atoms with Gasteiger partial charge >= 0.3 is 0 Å². The van der Waals surface area contributed by atoms with E-state index in [4.69, 9.17) is 0 Å². The van der Waals surface area contributed by atoms with Crippen molar-refractivity contribution < 1.29 is 9.18 Å². The van der Waals surface area contributed by atoms with Crippen LogP contribution in [0, 0.1) is 5.82 Å². The van der Waals surface area contributed by atoms with Crippen molar-refractivity contribution in [3.63, 3.8) is 0 Å². The molecule has 124 valence electrons. The van der Waals surface area contributed by atoms with Gasteiger partial charge in [0.1, 0.15) is 5.82 Å². The Bertz CT molecular complexity index is 802. The maximum Gasteiger partial charge on any atom is 0.233 e. The van der Waals surface area contributed by atoms with Crippen LogP contribution in [0.25, 0.3) is 10.7 Å². The fourth-order valence-electron chi connectivity index (χ4n) is 2.02. The Kier molecular flexibility index (Phi) is 5.27. The van der Waals surface area contributed by atoms with Crippen molar-refractivity contribution in [2.24, 2.45) is 0 Å². The molecule has 0 saturated heterocycles. The number of hydrogen-bond acceptors (Lipinski definition) is 5. The van der Waals surface area contributed by atoms with Gasteiger partial charge in [-0.05, 0) is 29.1 Å². The molecule has 1 amide bonds. The summed E-state index contributed by atoms with van der Waals surface area (Å²) in [7, 11) is 1.72. The van der Waals surface area contributed by atoms with E-state index in [1.807, 2.05) is 17.5 Å². The van der Waals surface area contributed by atoms with E-state index in [9.17, 15) is 9.18 Å². The number of benzene rings is 1. The van der Waals surface area contributed by atoms with Crippen LogP contribution in [0.15, 0.2) is 46.9 Å². The van der Waals surface area contributed by atoms with E-state index in [1.54, 1.807) is 35.4 Å². The molecule has 0 aliphatic carbocycles. The first-order chi connectivity index (χ1) is 11.6. The summed E-state index contributed by atoms with van der Waals surface area (Å²) < 4.78 is 12.9. The Balaban J connectivity index is 1.52. The predicted molar refractivity (Wildman–Crippen MR) is 93.3 cm³/mol. The summed E-state index contributed by atoms with van der Waals surface area (Å²) >= 11 is 2.86. The molecule has 24 heavy (non-hydrogen) atoms. The molecule has 8 heteroatoms. The van der Waals surface area contributed by atoms with Gasteiger partial charge in [-0.1, -0.05) is 30.0 Å². The lowest BCUT2D eigenvalue weighted by Gasteiger charge is -2.16. The minimum Gasteiger partial charge on any atom is -0.341 e. The number of amides is 1. The van der Waals surface area contributed by atoms with E-state index in [0.29, 0.717) is 17.5 Å². The zero-order chi connectivity index (χ0) is 16.9. The predicted octanol–water partition coefficient (Wildman–Crippen LogP) is 3.42. The second-order valence-electron chi connectivity index (χ2n) is 5.11. The number of aromatic nitrogens is 3. The second kappa shape index (κ2) is 7.59. The van der Waals surface area contributed by atoms with Gasteiger partial charge in [-0.25, -0.2) is 9.37 Å². The van der Waals surface area contributed by atoms with Crippen molar-refractivity contribution in [2.75, 3.05) is 12.8 Å². The molecule has 0 aliphatic heterocycles. The van der Waals surface area contributed by atoms with Crippen molar-refractivity contribution in [1.82, 2.24) is 20.1 Å². The van der Waals surface area contributed by atoms with E-state index in [-0.39, 0.29) is 17.5 Å². The molecule has 0 unspecified atom stereocenters. The van der Waals surface area contributed by atoms with E-state index in [0.717, 1.165) is 10.4 Å². The number of nitrogens with one attached hydrogen (secondary N) is 1. The van der Waals surface area contributed by atoms with Gasteiger partial charge in [-0.15, -0.1) is 16.4 Å². The topological polar surface area (TPSA) is 61.9 Å². The van der Waals surface area contributed by atoms with Crippen LogP contribution < -0.4 is 0 Å². The smallest absolute Gasteiger partial charge is 0.233 e. The number of thioether (sulfide) groups is 1. The molecule has 0 spiro atoms. The first-order valence-electron chi connectivity index (χ1n) is 7.19. The quantitative estimate of drug-likeness (QED) is 0.683. The van der Waals surface area contributed by atoms with Crippen LogP contribution >= 0.6 is 23.1 Å². The molecule has 2 heterocycles. The van der Waals surface area contributed by atoms with Gasteiger partial charge in [-0.2, -0.15) is 0 Å². The lowest BCUT2D eigenvalue weighted by molar-refractivity contribution is -0.127. The zero-order valence-electron chi connectivity index (χ0n) is 12.9. The summed E-state index contributed by atoms with van der Waals surface area (Å²) in [5, 5.41) is 9.51. The molecule has 3 aromatic rings. The van der Waals surface area contributed by atoms with Gasteiger partial charge in [0, 0.05) is 13.6 Å². The van der Waals surface area contributed by atoms with Crippen LogP contribution in [0.2, 0.25) is 0 Å². The molecule has 5 nitrogen and oxygen atoms in total. The van der Waals surface area contributed by atoms with Crippen molar-refractivity contribution in [2.45, 2.75) is 11.7 Å². The highest BCUT2D eigenvalue weighted by atomic mass is 32.2. The van der Waals surface area contributed by atoms with Crippen LogP contribution in [-0.2, 0) is 11.3 Å². The minimum absolute atomic E-state index is 0.0354. The fraction of sp³-hybridized carbons (Fsp3) is 0.188. The van der Waals surface area contributed by atoms with Gasteiger partial charge in [0.05, 0.1) is 10.6 Å². The average molecular weight is 362 g/mol. The molecule has 0 saturated carbocycles. The molecule has 0 bridgehead atoms. The normalized spacial score (nSPS) is 10.8. The highest BCUT2D eigenvalue weighted by molar-refractivity contribution is 7.99. The van der Waals surface area contributed by atoms with Crippen LogP contribution in [0.5, 0.6) is 0 Å². The summed E-state index contributed by atoms with van der Waals surface area (Å²) in [6.45, 7) is 0.439. The number of halogens is 1. The number of nitrogens with zero attached hydrogens (tertiary/aromatic N) is 3. The highest BCUT2D eigenvalue weighted by Crippen LogP contribution is 2.23. The lowest BCUT2D eigenvalue weighted by atomic mass is 10.2. The molecule has 2 aromatic heterocycles. The maximum absolute atomic E-state index is 12.9. The van der Waals surface area contributed by atoms with E-state index in [1.165, 1.54) is 23.9 Å². The Labute approximate surface area is 146 Å². The Hall–Kier alpha value is -2.19. The molecule has 0 fully saturated rings. The Morgan fingerprint density at radius 2 is 2.12 bits per heavy atom. The molecular formula is C16H15FN4OS2. The number of thiophene rings is 1. The van der Waals surface area contributed by atoms with Gasteiger partial charge in [0.2, 0.25) is 11.1 Å². The summed E-state index contributed by atoms with van der Waals surface area (Å²) in [4.78, 5) is 19.2. The Morgan fingerprint density at radius 3 is 2.83 bits per heavy atom. The highest BCUT2D eigenvalue weighted by Gasteiger charge is 2.13. The number of carbonyl (C=O) groups excluding carboxylic acids is 1. The van der Waals surface area contributed by atoms with Gasteiger partial charge in [0.15, 0.2) is 5.82 Å². The largest absolute Gasteiger partial charge is 0.341 e. The molecular weight excluding hydrogens is 347 g/mol. The molecule has 0 radical (unpaired) electrons. The van der Waals surface area contributed by atoms with E-state index in [2.05, 4.69) is 15.2 Å². The first kappa shape index (κ1) is 16.7. The third-order valence-corrected chi connectivity index (χ3v) is 5.01. The van der Waals surface area contributed by atoms with Gasteiger partial charge < -0.3 is 4.90 Å². The molecule has 3 rings (SSSR count). The molecule has 1 N–H and O–H groups in total. The minimum atomic E-state index is -0.283. The number of rotatable bonds is 6. The Morgan fingerprint density at radius 1 is 1.33 bits per heavy atom. The summed E-state index contributed by atoms with van der Waals surface area (Å²) in [6.07, 6.45) is 0. The average Bonchev–Trinajstić information content (AvgIpc) is 3.25. The number of hydrogen-bond donors (Lipinski definition) is 1. The van der Waals surface area contributed by atoms with Crippen LogP contribution in [0.1, 0.15) is 5.56 Å². The first-order valence-corrected chi connectivity index (χ1v) is 9.06. The molecule has 1 aromatic carbocycles. The van der Waals surface area contributed by atoms with Gasteiger partial charge in [0.25, 0.3) is 0 Å². The monoisotopic (exact) mass is 362 g/mol.